The van der Waals surface area contributed by atoms with Crippen molar-refractivity contribution in [1.82, 2.24) is 20.9 Å². The largest absolute Gasteiger partial charge is 0.480 e. The molecule has 0 bridgehead atoms. The summed E-state index contributed by atoms with van der Waals surface area (Å²) in [5.74, 6) is -4.95. The van der Waals surface area contributed by atoms with E-state index in [1.807, 2.05) is 29.6 Å². The van der Waals surface area contributed by atoms with Crippen LogP contribution >= 0.6 is 0 Å². The average molecular weight is 476 g/mol. The fourth-order valence-electron chi connectivity index (χ4n) is 3.17. The van der Waals surface area contributed by atoms with Crippen molar-refractivity contribution >= 4 is 40.5 Å². The van der Waals surface area contributed by atoms with Gasteiger partial charge in [0.1, 0.15) is 18.1 Å². The van der Waals surface area contributed by atoms with Gasteiger partial charge in [-0.25, -0.2) is 4.79 Å². The van der Waals surface area contributed by atoms with E-state index in [2.05, 4.69) is 15.6 Å². The summed E-state index contributed by atoms with van der Waals surface area (Å²) in [6, 6.07) is 2.03. The molecule has 0 saturated heterocycles. The third-order valence-corrected chi connectivity index (χ3v) is 4.98. The summed E-state index contributed by atoms with van der Waals surface area (Å²) in [5.41, 5.74) is 12.1. The Morgan fingerprint density at radius 2 is 1.56 bits per heavy atom. The number of nitrogens with one attached hydrogen (secondary N) is 4. The Morgan fingerprint density at radius 3 is 2.15 bits per heavy atom. The Bertz CT molecular complexity index is 1070. The lowest BCUT2D eigenvalue weighted by Crippen LogP contribution is -2.58. The highest BCUT2D eigenvalue weighted by Gasteiger charge is 2.30. The van der Waals surface area contributed by atoms with Crippen molar-refractivity contribution in [3.05, 3.63) is 36.0 Å². The summed E-state index contributed by atoms with van der Waals surface area (Å²) >= 11 is 0. The van der Waals surface area contributed by atoms with Crippen LogP contribution in [0.5, 0.6) is 0 Å². The van der Waals surface area contributed by atoms with Crippen molar-refractivity contribution in [1.29, 1.82) is 0 Å². The Hall–Kier alpha value is -3.97. The highest BCUT2D eigenvalue weighted by molar-refractivity contribution is 5.95. The number of carbonyl (C=O) groups excluding carboxylic acids is 4. The standard InChI is InChI=1S/C21H28N6O7/c1-10(22)18(30)25-14(6-11-8-24-13-5-3-2-4-12(11)13)19(31)27-16(9-28)20(32)26-15(21(33)34)7-17(23)29/h2-5,8,10,14-16,24,28H,6-7,9,22H2,1H3,(H2,23,29)(H,25,30)(H,26,32)(H,27,31)(H,33,34). The number of hydrogen-bond donors (Lipinski definition) is 8. The van der Waals surface area contributed by atoms with Crippen LogP contribution < -0.4 is 27.4 Å². The van der Waals surface area contributed by atoms with Crippen molar-refractivity contribution in [2.75, 3.05) is 6.61 Å². The zero-order valence-corrected chi connectivity index (χ0v) is 18.4. The number of carbonyl (C=O) groups is 5. The number of para-hydroxylation sites is 1. The minimum atomic E-state index is -1.64. The molecular formula is C21H28N6O7. The molecule has 184 valence electrons. The lowest BCUT2D eigenvalue weighted by Gasteiger charge is -2.23. The smallest absolute Gasteiger partial charge is 0.326 e. The number of benzene rings is 1. The number of aromatic amines is 1. The Morgan fingerprint density at radius 1 is 0.971 bits per heavy atom. The number of carboxylic acid groups (broad SMARTS) is 1. The molecule has 0 spiro atoms. The highest BCUT2D eigenvalue weighted by Crippen LogP contribution is 2.19. The van der Waals surface area contributed by atoms with Gasteiger partial charge < -0.3 is 42.6 Å². The second-order valence-corrected chi connectivity index (χ2v) is 7.73. The molecular weight excluding hydrogens is 448 g/mol. The number of aromatic nitrogens is 1. The molecule has 2 aromatic rings. The SMILES string of the molecule is CC(N)C(=O)NC(Cc1c[nH]c2ccccc12)C(=O)NC(CO)C(=O)NC(CC(N)=O)C(=O)O. The van der Waals surface area contributed by atoms with Gasteiger partial charge in [-0.05, 0) is 18.6 Å². The number of aliphatic carboxylic acids is 1. The van der Waals surface area contributed by atoms with Gasteiger partial charge in [0.15, 0.2) is 0 Å². The second kappa shape index (κ2) is 11.8. The van der Waals surface area contributed by atoms with E-state index in [9.17, 15) is 29.1 Å². The van der Waals surface area contributed by atoms with Crippen molar-refractivity contribution in [2.24, 2.45) is 11.5 Å². The zero-order valence-electron chi connectivity index (χ0n) is 18.4. The number of primary amides is 1. The van der Waals surface area contributed by atoms with Crippen LogP contribution in [0.25, 0.3) is 10.9 Å². The van der Waals surface area contributed by atoms with Gasteiger partial charge in [-0.3, -0.25) is 19.2 Å². The summed E-state index contributed by atoms with van der Waals surface area (Å²) in [6.07, 6.45) is 1.04. The molecule has 1 aromatic heterocycles. The predicted octanol–water partition coefficient (Wildman–Crippen LogP) is -2.54. The number of rotatable bonds is 12. The Balaban J connectivity index is 2.20. The van der Waals surface area contributed by atoms with Crippen LogP contribution in [-0.4, -0.2) is 75.6 Å². The van der Waals surface area contributed by atoms with Crippen LogP contribution in [0.15, 0.2) is 30.5 Å². The Labute approximate surface area is 194 Å². The van der Waals surface area contributed by atoms with E-state index >= 15 is 0 Å². The molecule has 10 N–H and O–H groups in total. The summed E-state index contributed by atoms with van der Waals surface area (Å²) in [6.45, 7) is 0.562. The predicted molar refractivity (Wildman–Crippen MR) is 120 cm³/mol. The van der Waals surface area contributed by atoms with Crippen molar-refractivity contribution < 1.29 is 34.2 Å². The summed E-state index contributed by atoms with van der Waals surface area (Å²) in [4.78, 5) is 63.0. The van der Waals surface area contributed by atoms with Crippen molar-refractivity contribution in [3.63, 3.8) is 0 Å². The molecule has 0 aliphatic carbocycles. The number of hydrogen-bond acceptors (Lipinski definition) is 7. The zero-order chi connectivity index (χ0) is 25.4. The summed E-state index contributed by atoms with van der Waals surface area (Å²) in [5, 5.41) is 26.4. The van der Waals surface area contributed by atoms with Crippen molar-refractivity contribution in [3.8, 4) is 0 Å². The quantitative estimate of drug-likeness (QED) is 0.162. The van der Waals surface area contributed by atoms with E-state index in [-0.39, 0.29) is 6.42 Å². The second-order valence-electron chi connectivity index (χ2n) is 7.73. The Kier molecular flexibility index (Phi) is 9.10. The van der Waals surface area contributed by atoms with Gasteiger partial charge in [0.25, 0.3) is 0 Å². The van der Waals surface area contributed by atoms with Gasteiger partial charge in [0.05, 0.1) is 19.1 Å². The lowest BCUT2D eigenvalue weighted by molar-refractivity contribution is -0.144. The van der Waals surface area contributed by atoms with Crippen LogP contribution in [0.4, 0.5) is 0 Å². The molecule has 0 saturated carbocycles. The number of carboxylic acids is 1. The van der Waals surface area contributed by atoms with Gasteiger partial charge in [-0.1, -0.05) is 18.2 Å². The third-order valence-electron chi connectivity index (χ3n) is 4.98. The maximum absolute atomic E-state index is 13.0. The minimum absolute atomic E-state index is 0.0352. The first kappa shape index (κ1) is 26.3. The van der Waals surface area contributed by atoms with E-state index in [4.69, 9.17) is 16.6 Å². The molecule has 0 aliphatic heterocycles. The van der Waals surface area contributed by atoms with Crippen LogP contribution in [0.3, 0.4) is 0 Å². The normalized spacial score (nSPS) is 14.4. The minimum Gasteiger partial charge on any atom is -0.480 e. The molecule has 4 atom stereocenters. The van der Waals surface area contributed by atoms with Crippen LogP contribution in [-0.2, 0) is 30.4 Å². The van der Waals surface area contributed by atoms with Crippen LogP contribution in [0.1, 0.15) is 18.9 Å². The van der Waals surface area contributed by atoms with E-state index in [0.29, 0.717) is 5.56 Å². The lowest BCUT2D eigenvalue weighted by atomic mass is 10.0. The van der Waals surface area contributed by atoms with Gasteiger partial charge in [0, 0.05) is 23.5 Å². The first-order valence-electron chi connectivity index (χ1n) is 10.4. The maximum Gasteiger partial charge on any atom is 0.326 e. The topological polar surface area (TPSA) is 230 Å². The monoisotopic (exact) mass is 476 g/mol. The number of nitrogens with two attached hydrogens (primary N) is 2. The van der Waals surface area contributed by atoms with E-state index in [0.717, 1.165) is 10.9 Å². The third kappa shape index (κ3) is 7.02. The van der Waals surface area contributed by atoms with Crippen LogP contribution in [0.2, 0.25) is 0 Å². The van der Waals surface area contributed by atoms with Crippen molar-refractivity contribution in [2.45, 2.75) is 43.9 Å². The molecule has 0 fully saturated rings. The van der Waals surface area contributed by atoms with Crippen LogP contribution in [0, 0.1) is 0 Å². The summed E-state index contributed by atoms with van der Waals surface area (Å²) in [7, 11) is 0. The molecule has 0 radical (unpaired) electrons. The maximum atomic E-state index is 13.0. The number of aliphatic hydroxyl groups is 1. The average Bonchev–Trinajstić information content (AvgIpc) is 3.18. The first-order valence-corrected chi connectivity index (χ1v) is 10.4. The fraction of sp³-hybridized carbons (Fsp3) is 0.381. The van der Waals surface area contributed by atoms with E-state index in [1.54, 1.807) is 6.20 Å². The number of fused-ring (bicyclic) bond motifs is 1. The molecule has 0 aliphatic rings. The van der Waals surface area contributed by atoms with Gasteiger partial charge in [-0.2, -0.15) is 0 Å². The molecule has 4 amide bonds. The molecule has 13 nitrogen and oxygen atoms in total. The molecule has 2 rings (SSSR count). The highest BCUT2D eigenvalue weighted by atomic mass is 16.4. The molecule has 1 heterocycles. The van der Waals surface area contributed by atoms with E-state index < -0.39 is 66.8 Å². The molecule has 34 heavy (non-hydrogen) atoms. The van der Waals surface area contributed by atoms with Gasteiger partial charge in [-0.15, -0.1) is 0 Å². The van der Waals surface area contributed by atoms with E-state index in [1.165, 1.54) is 6.92 Å². The number of aliphatic hydroxyl groups excluding tert-OH is 1. The van der Waals surface area contributed by atoms with Gasteiger partial charge >= 0.3 is 5.97 Å². The molecule has 1 aromatic carbocycles. The summed E-state index contributed by atoms with van der Waals surface area (Å²) < 4.78 is 0. The molecule has 13 heteroatoms. The van der Waals surface area contributed by atoms with Gasteiger partial charge in [0.2, 0.25) is 23.6 Å². The first-order chi connectivity index (χ1) is 16.0. The molecule has 4 unspecified atom stereocenters. The fourth-order valence-corrected chi connectivity index (χ4v) is 3.17. The number of amides is 4. The number of H-pyrrole nitrogens is 1.